The molecule has 2 aliphatic heterocycles. The lowest BCUT2D eigenvalue weighted by Crippen LogP contribution is -2.45. The summed E-state index contributed by atoms with van der Waals surface area (Å²) in [5, 5.41) is 10.9. The molecule has 0 saturated heterocycles. The average molecular weight is 423 g/mol. The van der Waals surface area contributed by atoms with Gasteiger partial charge in [0.25, 0.3) is 0 Å². The number of aliphatic hydroxyl groups is 1. The second-order valence-corrected chi connectivity index (χ2v) is 14.9. The van der Waals surface area contributed by atoms with Gasteiger partial charge in [-0.3, -0.25) is 4.79 Å². The van der Waals surface area contributed by atoms with Gasteiger partial charge in [-0.05, 0) is 37.5 Å². The predicted molar refractivity (Wildman–Crippen MR) is 113 cm³/mol. The summed E-state index contributed by atoms with van der Waals surface area (Å²) < 4.78 is 23.6. The molecule has 0 spiro atoms. The lowest BCUT2D eigenvalue weighted by molar-refractivity contribution is -0.0431. The van der Waals surface area contributed by atoms with Gasteiger partial charge >= 0.3 is 0 Å². The first-order valence-electron chi connectivity index (χ1n) is 10.3. The third kappa shape index (κ3) is 4.46. The van der Waals surface area contributed by atoms with Gasteiger partial charge in [-0.15, -0.1) is 0 Å². The number of fused-ring (bicyclic) bond motifs is 2. The number of ketones is 1. The number of carbonyl (C=O) groups is 1. The zero-order valence-corrected chi connectivity index (χ0v) is 19.8. The SMILES string of the molecule is C[C@@H](CC(O)C1COc2cc3c(cc2C1=O)OC(C)(C)O3)O[Si](C)(C)C(C)(C)C. The van der Waals surface area contributed by atoms with Crippen LogP contribution in [0.3, 0.4) is 0 Å². The first kappa shape index (κ1) is 22.1. The van der Waals surface area contributed by atoms with E-state index in [0.29, 0.717) is 29.2 Å². The normalized spacial score (nSPS) is 22.7. The predicted octanol–water partition coefficient (Wildman–Crippen LogP) is 4.55. The fraction of sp³-hybridized carbons (Fsp3) is 0.682. The van der Waals surface area contributed by atoms with Crippen molar-refractivity contribution in [3.63, 3.8) is 0 Å². The molecular weight excluding hydrogens is 388 g/mol. The molecule has 1 aromatic carbocycles. The molecule has 0 saturated carbocycles. The number of hydrogen-bond acceptors (Lipinski definition) is 6. The Hall–Kier alpha value is -1.57. The second kappa shape index (κ2) is 7.29. The van der Waals surface area contributed by atoms with Gasteiger partial charge < -0.3 is 23.7 Å². The van der Waals surface area contributed by atoms with Crippen molar-refractivity contribution in [2.24, 2.45) is 5.92 Å². The van der Waals surface area contributed by atoms with E-state index in [-0.39, 0.29) is 23.5 Å². The Bertz CT molecular complexity index is 795. The van der Waals surface area contributed by atoms with E-state index in [9.17, 15) is 9.90 Å². The fourth-order valence-corrected chi connectivity index (χ4v) is 4.99. The summed E-state index contributed by atoms with van der Waals surface area (Å²) in [7, 11) is -1.94. The van der Waals surface area contributed by atoms with E-state index in [1.54, 1.807) is 12.1 Å². The van der Waals surface area contributed by atoms with Crippen LogP contribution in [0.2, 0.25) is 18.1 Å². The number of benzene rings is 1. The van der Waals surface area contributed by atoms with E-state index in [2.05, 4.69) is 33.9 Å². The summed E-state index contributed by atoms with van der Waals surface area (Å²) >= 11 is 0. The third-order valence-electron chi connectivity index (χ3n) is 6.12. The summed E-state index contributed by atoms with van der Waals surface area (Å²) in [4.78, 5) is 13.1. The van der Waals surface area contributed by atoms with Crippen molar-refractivity contribution >= 4 is 14.1 Å². The van der Waals surface area contributed by atoms with Gasteiger partial charge in [0.2, 0.25) is 5.79 Å². The van der Waals surface area contributed by atoms with Crippen molar-refractivity contribution < 1.29 is 28.5 Å². The summed E-state index contributed by atoms with van der Waals surface area (Å²) in [6, 6.07) is 3.36. The molecule has 29 heavy (non-hydrogen) atoms. The molecule has 7 heteroatoms. The van der Waals surface area contributed by atoms with Crippen LogP contribution in [0.25, 0.3) is 0 Å². The number of Topliss-reactive ketones (excluding diaryl/α,β-unsaturated/α-hetero) is 1. The van der Waals surface area contributed by atoms with Crippen LogP contribution in [0.15, 0.2) is 12.1 Å². The molecule has 2 aliphatic rings. The summed E-state index contributed by atoms with van der Waals surface area (Å²) in [6.45, 7) is 16.6. The standard InChI is InChI=1S/C22H34O6Si/c1-13(28-29(7,8)21(2,3)4)9-16(23)15-12-25-17-11-19-18(10-14(17)20(15)24)26-22(5,6)27-19/h10-11,13,15-16,23H,9,12H2,1-8H3/t13-,15?,16?/m0/s1. The monoisotopic (exact) mass is 422 g/mol. The molecule has 0 bridgehead atoms. The number of ether oxygens (including phenoxy) is 3. The average Bonchev–Trinajstić information content (AvgIpc) is 2.84. The van der Waals surface area contributed by atoms with Crippen LogP contribution < -0.4 is 14.2 Å². The molecule has 0 amide bonds. The molecule has 3 atom stereocenters. The van der Waals surface area contributed by atoms with Crippen LogP contribution in [0.1, 0.15) is 58.3 Å². The van der Waals surface area contributed by atoms with Crippen LogP contribution in [0.4, 0.5) is 0 Å². The molecular formula is C22H34O6Si. The zero-order chi connectivity index (χ0) is 21.8. The number of aliphatic hydroxyl groups excluding tert-OH is 1. The molecule has 0 aliphatic carbocycles. The van der Waals surface area contributed by atoms with Crippen LogP contribution in [-0.2, 0) is 4.43 Å². The molecule has 2 unspecified atom stereocenters. The topological polar surface area (TPSA) is 74.2 Å². The van der Waals surface area contributed by atoms with Crippen LogP contribution in [0.5, 0.6) is 17.2 Å². The zero-order valence-electron chi connectivity index (χ0n) is 18.8. The van der Waals surface area contributed by atoms with Crippen molar-refractivity contribution in [3.05, 3.63) is 17.7 Å². The molecule has 0 aromatic heterocycles. The van der Waals surface area contributed by atoms with Crippen molar-refractivity contribution in [1.29, 1.82) is 0 Å². The van der Waals surface area contributed by atoms with E-state index in [1.165, 1.54) is 0 Å². The number of carbonyl (C=O) groups excluding carboxylic acids is 1. The minimum absolute atomic E-state index is 0.0884. The molecule has 3 rings (SSSR count). The van der Waals surface area contributed by atoms with Gasteiger partial charge in [0.05, 0.1) is 17.6 Å². The van der Waals surface area contributed by atoms with Gasteiger partial charge in [0.1, 0.15) is 12.4 Å². The smallest absolute Gasteiger partial charge is 0.246 e. The highest BCUT2D eigenvalue weighted by molar-refractivity contribution is 6.74. The Labute approximate surface area is 174 Å². The minimum Gasteiger partial charge on any atom is -0.492 e. The van der Waals surface area contributed by atoms with Gasteiger partial charge in [0, 0.05) is 26.0 Å². The molecule has 0 fully saturated rings. The van der Waals surface area contributed by atoms with Crippen LogP contribution >= 0.6 is 0 Å². The Morgan fingerprint density at radius 1 is 1.21 bits per heavy atom. The van der Waals surface area contributed by atoms with E-state index in [1.807, 2.05) is 20.8 Å². The molecule has 6 nitrogen and oxygen atoms in total. The van der Waals surface area contributed by atoms with Crippen molar-refractivity contribution in [1.82, 2.24) is 0 Å². The second-order valence-electron chi connectivity index (χ2n) is 10.2. The lowest BCUT2D eigenvalue weighted by Gasteiger charge is -2.39. The first-order chi connectivity index (χ1) is 13.2. The molecule has 1 aromatic rings. The summed E-state index contributed by atoms with van der Waals surface area (Å²) in [6.07, 6.45) is -0.589. The molecule has 162 valence electrons. The van der Waals surface area contributed by atoms with Gasteiger partial charge in [-0.25, -0.2) is 0 Å². The van der Waals surface area contributed by atoms with Crippen molar-refractivity contribution in [2.45, 2.75) is 84.1 Å². The maximum absolute atomic E-state index is 13.1. The highest BCUT2D eigenvalue weighted by atomic mass is 28.4. The highest BCUT2D eigenvalue weighted by Crippen LogP contribution is 2.45. The largest absolute Gasteiger partial charge is 0.492 e. The first-order valence-corrected chi connectivity index (χ1v) is 13.2. The van der Waals surface area contributed by atoms with Crippen LogP contribution in [-0.4, -0.2) is 43.8 Å². The summed E-state index contributed by atoms with van der Waals surface area (Å²) in [5.41, 5.74) is 0.429. The minimum atomic E-state index is -1.94. The Balaban J connectivity index is 1.70. The molecule has 1 N–H and O–H groups in total. The third-order valence-corrected chi connectivity index (χ3v) is 10.7. The summed E-state index contributed by atoms with van der Waals surface area (Å²) in [5.74, 6) is 0.0392. The quantitative estimate of drug-likeness (QED) is 0.702. The van der Waals surface area contributed by atoms with E-state index in [0.717, 1.165) is 0 Å². The Morgan fingerprint density at radius 3 is 2.38 bits per heavy atom. The van der Waals surface area contributed by atoms with Gasteiger partial charge in [0.15, 0.2) is 25.6 Å². The van der Waals surface area contributed by atoms with Crippen molar-refractivity contribution in [3.8, 4) is 17.2 Å². The Morgan fingerprint density at radius 2 is 1.79 bits per heavy atom. The lowest BCUT2D eigenvalue weighted by atomic mass is 9.88. The highest BCUT2D eigenvalue weighted by Gasteiger charge is 2.41. The molecule has 2 heterocycles. The number of rotatable bonds is 5. The van der Waals surface area contributed by atoms with Crippen LogP contribution in [0, 0.1) is 5.92 Å². The van der Waals surface area contributed by atoms with E-state index in [4.69, 9.17) is 18.6 Å². The van der Waals surface area contributed by atoms with E-state index >= 15 is 0 Å². The number of hydrogen-bond donors (Lipinski definition) is 1. The fourth-order valence-electron chi connectivity index (χ4n) is 3.54. The van der Waals surface area contributed by atoms with E-state index < -0.39 is 26.1 Å². The Kier molecular flexibility index (Phi) is 5.56. The van der Waals surface area contributed by atoms with Gasteiger partial charge in [-0.2, -0.15) is 0 Å². The maximum Gasteiger partial charge on any atom is 0.246 e. The molecule has 0 radical (unpaired) electrons. The van der Waals surface area contributed by atoms with Gasteiger partial charge in [-0.1, -0.05) is 20.8 Å². The maximum atomic E-state index is 13.1. The van der Waals surface area contributed by atoms with Crippen molar-refractivity contribution in [2.75, 3.05) is 6.61 Å².